The summed E-state index contributed by atoms with van der Waals surface area (Å²) in [5.41, 5.74) is 15.4. The van der Waals surface area contributed by atoms with Crippen LogP contribution >= 0.6 is 15.6 Å². The fourth-order valence-electron chi connectivity index (χ4n) is 9.06. The topological polar surface area (TPSA) is 190 Å². The number of phosphoric ester groups is 2. The lowest BCUT2D eigenvalue weighted by Crippen LogP contribution is -2.67. The molecule has 1 fully saturated rings. The smallest absolute Gasteiger partial charge is 0.389 e. The van der Waals surface area contributed by atoms with Crippen molar-refractivity contribution in [1.29, 1.82) is 0 Å². The number of aliphatic hydroxyl groups is 1. The standard InChI is InChI=1S/C65H108N2O11P2/c1-48(2)26-16-27-49(3)28-17-29-50(4)30-18-31-51(5)32-19-33-52(6)34-20-35-53(7)36-21-37-54(8)38-22-39-55(9)40-23-41-56(10)42-24-43-57(11)44-25-45-58(12)46-47-75-79(71,72)78-80(73,74)77-65-63(67-61(15)69)64(70)62(59(13)76-65)66-60(14)68/h26,28,30,32,34,36,38,40,42,44,46,59,62-65,70H,16-25,27,29,31,33,35,37,39,41,43,45,47H2,1-15H3,(H,66,68)(H,67,69)(H,71,72)(H,73,74)/b49-28+,50-30+,51-32+,52-34-,53-36-,54-38-,55-40-,56-42-,57-44-,58-46-/t59-,62-,63-,64+,65-/m1/s1. The zero-order valence-corrected chi connectivity index (χ0v) is 53.9. The van der Waals surface area contributed by atoms with E-state index in [2.05, 4.69) is 152 Å². The summed E-state index contributed by atoms with van der Waals surface area (Å²) in [5.74, 6) is -1.13. The molecule has 5 N–H and O–H groups in total. The van der Waals surface area contributed by atoms with Crippen LogP contribution in [0, 0.1) is 0 Å². The maximum atomic E-state index is 12.8. The van der Waals surface area contributed by atoms with Crippen molar-refractivity contribution in [2.75, 3.05) is 6.61 Å². The first-order valence-corrected chi connectivity index (χ1v) is 32.3. The SMILES string of the molecule is CC(=O)N[C@H]1[C@@H](OP(=O)(O)OP(=O)(O)OC/C=C(/C)CC/C=C(/C)CC/C=C(/C)CC/C=C(/C)CC/C=C(/C)CC/C=C(/C)CC/C=C(/C)CC/C=C(\C)CC/C=C(\C)CC/C=C(\C)CCC=C(C)C)O[C@H](C)[C@@H](NC(C)=O)[C@@H]1O. The lowest BCUT2D eigenvalue weighted by molar-refractivity contribution is -0.208. The number of carbonyl (C=O) groups is 2. The van der Waals surface area contributed by atoms with Crippen LogP contribution in [-0.2, 0) is 36.8 Å². The van der Waals surface area contributed by atoms with Gasteiger partial charge in [0, 0.05) is 13.8 Å². The lowest BCUT2D eigenvalue weighted by atomic mass is 9.95. The van der Waals surface area contributed by atoms with Crippen molar-refractivity contribution in [1.82, 2.24) is 10.6 Å². The molecule has 1 heterocycles. The summed E-state index contributed by atoms with van der Waals surface area (Å²) in [6.45, 7) is 29.8. The van der Waals surface area contributed by atoms with Crippen LogP contribution in [0.1, 0.15) is 232 Å². The average Bonchev–Trinajstić information content (AvgIpc) is 3.33. The second-order valence-electron chi connectivity index (χ2n) is 22.7. The molecule has 0 saturated carbocycles. The Hall–Kier alpha value is -3.74. The van der Waals surface area contributed by atoms with Gasteiger partial charge in [0.15, 0.2) is 6.29 Å². The Kier molecular flexibility index (Phi) is 38.3. The number of allylic oxidation sites excluding steroid dienone is 21. The first-order valence-electron chi connectivity index (χ1n) is 29.3. The third-order valence-electron chi connectivity index (χ3n) is 14.1. The van der Waals surface area contributed by atoms with Crippen LogP contribution in [0.5, 0.6) is 0 Å². The Labute approximate surface area is 485 Å². The van der Waals surface area contributed by atoms with Crippen molar-refractivity contribution >= 4 is 27.5 Å². The lowest BCUT2D eigenvalue weighted by Gasteiger charge is -2.43. The minimum absolute atomic E-state index is 0.382. The molecule has 1 aliphatic rings. The second kappa shape index (κ2) is 41.3. The molecule has 1 aliphatic heterocycles. The summed E-state index contributed by atoms with van der Waals surface area (Å²) >= 11 is 0. The third-order valence-corrected chi connectivity index (χ3v) is 16.7. The van der Waals surface area contributed by atoms with Crippen LogP contribution < -0.4 is 10.6 Å². The molecule has 0 aromatic heterocycles. The molecule has 1 rings (SSSR count). The van der Waals surface area contributed by atoms with Gasteiger partial charge in [-0.2, -0.15) is 4.31 Å². The van der Waals surface area contributed by atoms with E-state index in [0.717, 1.165) is 128 Å². The number of carbonyl (C=O) groups excluding carboxylic acids is 2. The summed E-state index contributed by atoms with van der Waals surface area (Å²) in [6.07, 6.45) is 42.4. The zero-order valence-electron chi connectivity index (χ0n) is 52.1. The van der Waals surface area contributed by atoms with Crippen molar-refractivity contribution in [3.8, 4) is 0 Å². The van der Waals surface area contributed by atoms with Gasteiger partial charge < -0.3 is 30.3 Å². The van der Waals surface area contributed by atoms with Crippen molar-refractivity contribution in [3.63, 3.8) is 0 Å². The largest absolute Gasteiger partial charge is 0.483 e. The first-order chi connectivity index (χ1) is 37.6. The highest BCUT2D eigenvalue weighted by molar-refractivity contribution is 7.61. The van der Waals surface area contributed by atoms with E-state index in [1.807, 2.05) is 6.92 Å². The molecule has 0 spiro atoms. The normalized spacial score (nSPS) is 21.3. The molecule has 0 radical (unpaired) electrons. The Morgan fingerprint density at radius 2 is 0.688 bits per heavy atom. The van der Waals surface area contributed by atoms with Crippen LogP contribution in [0.4, 0.5) is 0 Å². The predicted molar refractivity (Wildman–Crippen MR) is 333 cm³/mol. The van der Waals surface area contributed by atoms with Gasteiger partial charge in [-0.25, -0.2) is 9.13 Å². The molecule has 0 aromatic carbocycles. The van der Waals surface area contributed by atoms with Gasteiger partial charge in [0.05, 0.1) is 18.8 Å². The molecule has 7 atom stereocenters. The Morgan fingerprint density at radius 3 is 0.963 bits per heavy atom. The van der Waals surface area contributed by atoms with Crippen LogP contribution in [0.25, 0.3) is 0 Å². The van der Waals surface area contributed by atoms with Gasteiger partial charge in [-0.3, -0.25) is 18.6 Å². The molecule has 13 nitrogen and oxygen atoms in total. The predicted octanol–water partition coefficient (Wildman–Crippen LogP) is 17.6. The van der Waals surface area contributed by atoms with Gasteiger partial charge in [0.25, 0.3) is 0 Å². The number of nitrogens with one attached hydrogen (secondary N) is 2. The maximum Gasteiger partial charge on any atom is 0.483 e. The first kappa shape index (κ1) is 74.3. The van der Waals surface area contributed by atoms with Gasteiger partial charge in [0.2, 0.25) is 11.8 Å². The van der Waals surface area contributed by atoms with Gasteiger partial charge >= 0.3 is 15.6 Å². The molecule has 80 heavy (non-hydrogen) atoms. The minimum atomic E-state index is -5.36. The Morgan fingerprint density at radius 1 is 0.425 bits per heavy atom. The molecule has 454 valence electrons. The van der Waals surface area contributed by atoms with Crippen LogP contribution in [0.3, 0.4) is 0 Å². The van der Waals surface area contributed by atoms with E-state index in [4.69, 9.17) is 13.8 Å². The molecule has 0 aromatic rings. The number of hydrogen-bond donors (Lipinski definition) is 5. The van der Waals surface area contributed by atoms with E-state index in [0.29, 0.717) is 6.42 Å². The highest BCUT2D eigenvalue weighted by Crippen LogP contribution is 2.61. The van der Waals surface area contributed by atoms with Crippen LogP contribution in [0.15, 0.2) is 128 Å². The number of ether oxygens (including phenoxy) is 1. The second-order valence-corrected chi connectivity index (χ2v) is 25.7. The summed E-state index contributed by atoms with van der Waals surface area (Å²) < 4.78 is 45.3. The molecule has 2 unspecified atom stereocenters. The summed E-state index contributed by atoms with van der Waals surface area (Å²) in [5, 5.41) is 15.7. The van der Waals surface area contributed by atoms with E-state index in [1.54, 1.807) is 6.08 Å². The number of aliphatic hydroxyl groups excluding tert-OH is 1. The van der Waals surface area contributed by atoms with Gasteiger partial charge in [-0.1, -0.05) is 128 Å². The fourth-order valence-corrected chi connectivity index (χ4v) is 11.2. The van der Waals surface area contributed by atoms with Gasteiger partial charge in [0.1, 0.15) is 12.1 Å². The molecule has 1 saturated heterocycles. The average molecular weight is 1160 g/mol. The van der Waals surface area contributed by atoms with Gasteiger partial charge in [-0.15, -0.1) is 0 Å². The molecule has 2 amide bonds. The van der Waals surface area contributed by atoms with Crippen LogP contribution in [-0.4, -0.2) is 63.9 Å². The van der Waals surface area contributed by atoms with E-state index in [9.17, 15) is 33.6 Å². The molecular weight excluding hydrogens is 1050 g/mol. The molecule has 15 heteroatoms. The highest BCUT2D eigenvalue weighted by Gasteiger charge is 2.49. The number of rotatable bonds is 39. The van der Waals surface area contributed by atoms with Crippen molar-refractivity contribution in [2.24, 2.45) is 0 Å². The molecule has 0 bridgehead atoms. The van der Waals surface area contributed by atoms with E-state index in [1.165, 1.54) is 76.0 Å². The number of phosphoric acid groups is 2. The summed E-state index contributed by atoms with van der Waals surface area (Å²) in [6, 6.07) is -2.44. The summed E-state index contributed by atoms with van der Waals surface area (Å²) in [7, 11) is -10.5. The van der Waals surface area contributed by atoms with E-state index in [-0.39, 0.29) is 6.61 Å². The number of amides is 2. The highest BCUT2D eigenvalue weighted by atomic mass is 31.3. The van der Waals surface area contributed by atoms with Gasteiger partial charge in [-0.05, 0) is 218 Å². The fraction of sp³-hybridized carbons (Fsp3) is 0.631. The van der Waals surface area contributed by atoms with Crippen molar-refractivity contribution in [2.45, 2.75) is 263 Å². The Balaban J connectivity index is 2.35. The van der Waals surface area contributed by atoms with Crippen LogP contribution in [0.2, 0.25) is 0 Å². The monoisotopic (exact) mass is 1150 g/mol. The summed E-state index contributed by atoms with van der Waals surface area (Å²) in [4.78, 5) is 44.0. The van der Waals surface area contributed by atoms with Crippen molar-refractivity contribution in [3.05, 3.63) is 128 Å². The zero-order chi connectivity index (χ0) is 60.3. The molecule has 0 aliphatic carbocycles. The van der Waals surface area contributed by atoms with E-state index >= 15 is 0 Å². The van der Waals surface area contributed by atoms with Crippen molar-refractivity contribution < 1.29 is 51.7 Å². The Bertz CT molecular complexity index is 2360. The number of hydrogen-bond acceptors (Lipinski definition) is 9. The third kappa shape index (κ3) is 38.1. The minimum Gasteiger partial charge on any atom is -0.389 e. The molecular formula is C65H108N2O11P2. The quantitative estimate of drug-likeness (QED) is 0.0291. The maximum absolute atomic E-state index is 12.8. The van der Waals surface area contributed by atoms with E-state index < -0.39 is 58.0 Å².